The minimum atomic E-state index is -4.56. The van der Waals surface area contributed by atoms with Gasteiger partial charge in [0.2, 0.25) is 15.0 Å². The molecular weight excluding hydrogens is 457 g/mol. The summed E-state index contributed by atoms with van der Waals surface area (Å²) in [5, 5.41) is 2.60. The monoisotopic (exact) mass is 484 g/mol. The van der Waals surface area contributed by atoms with E-state index in [0.29, 0.717) is 5.69 Å². The number of rotatable bonds is 9. The predicted molar refractivity (Wildman–Crippen MR) is 117 cm³/mol. The van der Waals surface area contributed by atoms with Crippen molar-refractivity contribution in [2.45, 2.75) is 62.4 Å². The van der Waals surface area contributed by atoms with E-state index in [1.165, 1.54) is 23.2 Å². The van der Waals surface area contributed by atoms with Crippen molar-refractivity contribution in [3.63, 3.8) is 0 Å². The molecule has 7 nitrogen and oxygen atoms in total. The highest BCUT2D eigenvalue weighted by Crippen LogP contribution is 2.39. The molecule has 1 aromatic heterocycles. The molecule has 1 aromatic carbocycles. The lowest BCUT2D eigenvalue weighted by Gasteiger charge is -2.24. The number of aromatic nitrogens is 2. The Balaban J connectivity index is 1.90. The SMILES string of the molecule is C=CCN(Cc1cnc(S(=O)(=O)Cc2cccc(C(F)(F)F)c2)n1C1CC1)C(=O)NC(C)C. The topological polar surface area (TPSA) is 84.3 Å². The summed E-state index contributed by atoms with van der Waals surface area (Å²) >= 11 is 0. The molecule has 1 heterocycles. The maximum Gasteiger partial charge on any atom is 0.416 e. The highest BCUT2D eigenvalue weighted by atomic mass is 32.2. The van der Waals surface area contributed by atoms with Crippen LogP contribution in [0.1, 0.15) is 49.6 Å². The van der Waals surface area contributed by atoms with Crippen LogP contribution in [0.4, 0.5) is 18.0 Å². The molecule has 1 fully saturated rings. The highest BCUT2D eigenvalue weighted by molar-refractivity contribution is 7.90. The second kappa shape index (κ2) is 9.58. The number of benzene rings is 1. The fraction of sp³-hybridized carbons (Fsp3) is 0.455. The Morgan fingerprint density at radius 1 is 1.36 bits per heavy atom. The summed E-state index contributed by atoms with van der Waals surface area (Å²) in [6.07, 6.45) is -0.0616. The van der Waals surface area contributed by atoms with Gasteiger partial charge < -0.3 is 14.8 Å². The van der Waals surface area contributed by atoms with Gasteiger partial charge in [-0.1, -0.05) is 24.3 Å². The Morgan fingerprint density at radius 3 is 2.64 bits per heavy atom. The van der Waals surface area contributed by atoms with Crippen LogP contribution >= 0.6 is 0 Å². The number of imidazole rings is 1. The fourth-order valence-electron chi connectivity index (χ4n) is 3.48. The van der Waals surface area contributed by atoms with Gasteiger partial charge in [0.1, 0.15) is 0 Å². The van der Waals surface area contributed by atoms with E-state index >= 15 is 0 Å². The number of urea groups is 1. The van der Waals surface area contributed by atoms with Crippen LogP contribution in [0.3, 0.4) is 0 Å². The van der Waals surface area contributed by atoms with Crippen molar-refractivity contribution < 1.29 is 26.4 Å². The molecule has 3 rings (SSSR count). The van der Waals surface area contributed by atoms with Gasteiger partial charge in [-0.2, -0.15) is 13.2 Å². The summed E-state index contributed by atoms with van der Waals surface area (Å²) in [5.41, 5.74) is -0.333. The largest absolute Gasteiger partial charge is 0.416 e. The van der Waals surface area contributed by atoms with Gasteiger partial charge in [-0.15, -0.1) is 6.58 Å². The Hall–Kier alpha value is -2.82. The molecule has 0 bridgehead atoms. The highest BCUT2D eigenvalue weighted by Gasteiger charge is 2.35. The first-order valence-electron chi connectivity index (χ1n) is 10.5. The van der Waals surface area contributed by atoms with E-state index in [1.807, 2.05) is 13.8 Å². The normalized spacial score (nSPS) is 14.4. The van der Waals surface area contributed by atoms with E-state index in [2.05, 4.69) is 16.9 Å². The number of hydrogen-bond donors (Lipinski definition) is 1. The first kappa shape index (κ1) is 24.8. The van der Waals surface area contributed by atoms with E-state index in [9.17, 15) is 26.4 Å². The van der Waals surface area contributed by atoms with Gasteiger partial charge in [-0.05, 0) is 38.3 Å². The fourth-order valence-corrected chi connectivity index (χ4v) is 5.00. The van der Waals surface area contributed by atoms with Crippen LogP contribution in [0.2, 0.25) is 0 Å². The minimum Gasteiger partial charge on any atom is -0.336 e. The number of amides is 2. The number of carbonyl (C=O) groups excluding carboxylic acids is 1. The molecule has 0 atom stereocenters. The van der Waals surface area contributed by atoms with Crippen molar-refractivity contribution in [1.82, 2.24) is 19.8 Å². The average Bonchev–Trinajstić information content (AvgIpc) is 3.45. The summed E-state index contributed by atoms with van der Waals surface area (Å²) in [5.74, 6) is -0.607. The first-order valence-corrected chi connectivity index (χ1v) is 12.2. The van der Waals surface area contributed by atoms with Gasteiger partial charge in [-0.3, -0.25) is 0 Å². The molecule has 0 radical (unpaired) electrons. The standard InChI is InChI=1S/C22H27F3N4O3S/c1-4-10-28(20(30)27-15(2)3)13-19-12-26-21(29(19)18-8-9-18)33(31,32)14-16-6-5-7-17(11-16)22(23,24)25/h4-7,11-12,15,18H,1,8-10,13-14H2,2-3H3,(H,27,30). The lowest BCUT2D eigenvalue weighted by molar-refractivity contribution is -0.137. The molecular formula is C22H27F3N4O3S. The van der Waals surface area contributed by atoms with Crippen molar-refractivity contribution in [1.29, 1.82) is 0 Å². The third-order valence-corrected chi connectivity index (χ3v) is 6.61. The van der Waals surface area contributed by atoms with E-state index in [-0.39, 0.29) is 41.9 Å². The maximum atomic E-state index is 13.1. The summed E-state index contributed by atoms with van der Waals surface area (Å²) in [7, 11) is -4.03. The van der Waals surface area contributed by atoms with E-state index in [1.54, 1.807) is 10.6 Å². The lowest BCUT2D eigenvalue weighted by atomic mass is 10.1. The predicted octanol–water partition coefficient (Wildman–Crippen LogP) is 4.32. The van der Waals surface area contributed by atoms with Crippen LogP contribution in [-0.4, -0.2) is 41.5 Å². The third kappa shape index (κ3) is 6.16. The molecule has 1 aliphatic rings. The van der Waals surface area contributed by atoms with Gasteiger partial charge >= 0.3 is 12.2 Å². The maximum absolute atomic E-state index is 13.1. The molecule has 0 aliphatic heterocycles. The van der Waals surface area contributed by atoms with Gasteiger partial charge in [-0.25, -0.2) is 18.2 Å². The van der Waals surface area contributed by atoms with E-state index in [4.69, 9.17) is 0 Å². The molecule has 1 aliphatic carbocycles. The molecule has 0 saturated heterocycles. The molecule has 180 valence electrons. The first-order chi connectivity index (χ1) is 15.4. The van der Waals surface area contributed by atoms with Crippen molar-refractivity contribution in [3.05, 3.63) is 59.9 Å². The molecule has 11 heteroatoms. The number of hydrogen-bond acceptors (Lipinski definition) is 4. The van der Waals surface area contributed by atoms with Crippen LogP contribution in [-0.2, 0) is 28.3 Å². The Labute approximate surface area is 191 Å². The summed E-state index contributed by atoms with van der Waals surface area (Å²) in [4.78, 5) is 18.1. The van der Waals surface area contributed by atoms with Crippen LogP contribution in [0.15, 0.2) is 48.3 Å². The summed E-state index contributed by atoms with van der Waals surface area (Å²) < 4.78 is 67.0. The smallest absolute Gasteiger partial charge is 0.336 e. The Bertz CT molecular complexity index is 1120. The van der Waals surface area contributed by atoms with Crippen LogP contribution < -0.4 is 5.32 Å². The van der Waals surface area contributed by atoms with Gasteiger partial charge in [0, 0.05) is 18.6 Å². The summed E-state index contributed by atoms with van der Waals surface area (Å²) in [6, 6.07) is 3.80. The number of halogens is 3. The number of sulfone groups is 1. The van der Waals surface area contributed by atoms with E-state index < -0.39 is 27.3 Å². The second-order valence-corrected chi connectivity index (χ2v) is 10.2. The van der Waals surface area contributed by atoms with Crippen LogP contribution in [0, 0.1) is 0 Å². The van der Waals surface area contributed by atoms with Crippen molar-refractivity contribution in [3.8, 4) is 0 Å². The van der Waals surface area contributed by atoms with E-state index in [0.717, 1.165) is 25.0 Å². The zero-order valence-corrected chi connectivity index (χ0v) is 19.3. The minimum absolute atomic E-state index is 0.0290. The third-order valence-electron chi connectivity index (χ3n) is 5.04. The summed E-state index contributed by atoms with van der Waals surface area (Å²) in [6.45, 7) is 7.70. The number of nitrogens with one attached hydrogen (secondary N) is 1. The van der Waals surface area contributed by atoms with Crippen LogP contribution in [0.25, 0.3) is 0 Å². The number of carbonyl (C=O) groups is 1. The zero-order chi connectivity index (χ0) is 24.4. The van der Waals surface area contributed by atoms with Gasteiger partial charge in [0.15, 0.2) is 0 Å². The van der Waals surface area contributed by atoms with Crippen molar-refractivity contribution in [2.75, 3.05) is 6.54 Å². The van der Waals surface area contributed by atoms with Crippen molar-refractivity contribution in [2.24, 2.45) is 0 Å². The molecule has 0 unspecified atom stereocenters. The Kier molecular flexibility index (Phi) is 7.20. The zero-order valence-electron chi connectivity index (χ0n) is 18.5. The van der Waals surface area contributed by atoms with Gasteiger partial charge in [0.25, 0.3) is 0 Å². The molecule has 0 spiro atoms. The molecule has 33 heavy (non-hydrogen) atoms. The number of nitrogens with zero attached hydrogens (tertiary/aromatic N) is 3. The van der Waals surface area contributed by atoms with Crippen molar-refractivity contribution >= 4 is 15.9 Å². The average molecular weight is 485 g/mol. The molecule has 2 amide bonds. The van der Waals surface area contributed by atoms with Gasteiger partial charge in [0.05, 0.1) is 29.8 Å². The molecule has 1 saturated carbocycles. The second-order valence-electron chi connectivity index (χ2n) is 8.36. The lowest BCUT2D eigenvalue weighted by Crippen LogP contribution is -2.43. The quantitative estimate of drug-likeness (QED) is 0.538. The Morgan fingerprint density at radius 2 is 2.06 bits per heavy atom. The van der Waals surface area contributed by atoms with Crippen LogP contribution in [0.5, 0.6) is 0 Å². The molecule has 1 N–H and O–H groups in total. The number of alkyl halides is 3. The molecule has 2 aromatic rings.